The zero-order chi connectivity index (χ0) is 7.44. The van der Waals surface area contributed by atoms with E-state index in [-0.39, 0.29) is 0 Å². The quantitative estimate of drug-likeness (QED) is 0.422. The zero-order valence-corrected chi connectivity index (χ0v) is 5.94. The van der Waals surface area contributed by atoms with E-state index in [0.29, 0.717) is 5.46 Å². The van der Waals surface area contributed by atoms with Gasteiger partial charge in [0.05, 0.1) is 0 Å². The van der Waals surface area contributed by atoms with Gasteiger partial charge in [-0.1, -0.05) is 0 Å². The fraction of sp³-hybridized carbons (Fsp3) is 0.286. The number of hydrogen-bond acceptors (Lipinski definition) is 1. The van der Waals surface area contributed by atoms with Crippen molar-refractivity contribution in [2.45, 2.75) is 13.8 Å². The Bertz CT molecular complexity index is 152. The van der Waals surface area contributed by atoms with E-state index in [1.807, 2.05) is 6.92 Å². The minimum absolute atomic E-state index is 0.713. The first kappa shape index (κ1) is 8.21. The summed E-state index contributed by atoms with van der Waals surface area (Å²) < 4.78 is 0. The molecular formula is C7H11BN. The molecule has 0 spiro atoms. The van der Waals surface area contributed by atoms with Gasteiger partial charge < -0.3 is 0 Å². The van der Waals surface area contributed by atoms with Crippen molar-refractivity contribution < 1.29 is 0 Å². The summed E-state index contributed by atoms with van der Waals surface area (Å²) >= 11 is 0. The van der Waals surface area contributed by atoms with Crippen LogP contribution in [-0.2, 0) is 0 Å². The molecule has 0 bridgehead atoms. The van der Waals surface area contributed by atoms with Crippen molar-refractivity contribution in [2.75, 3.05) is 0 Å². The molecule has 0 aliphatic rings. The van der Waals surface area contributed by atoms with E-state index in [9.17, 15) is 0 Å². The topological polar surface area (TPSA) is 26.0 Å². The molecule has 0 saturated heterocycles. The monoisotopic (exact) mass is 120 g/mol. The van der Waals surface area contributed by atoms with Gasteiger partial charge in [0, 0.05) is 0 Å². The number of rotatable bonds is 2. The number of hydrogen-bond donors (Lipinski definition) is 1. The van der Waals surface area contributed by atoms with Crippen molar-refractivity contribution in [3.8, 4) is 0 Å². The first-order valence-corrected chi connectivity index (χ1v) is 2.76. The summed E-state index contributed by atoms with van der Waals surface area (Å²) in [5.41, 5.74) is 7.71. The molecule has 0 saturated carbocycles. The maximum absolute atomic E-state index is 5.46. The molecule has 9 heavy (non-hydrogen) atoms. The Morgan fingerprint density at radius 2 is 2.00 bits per heavy atom. The van der Waals surface area contributed by atoms with E-state index in [2.05, 4.69) is 6.58 Å². The third-order valence-electron chi connectivity index (χ3n) is 1.05. The summed E-state index contributed by atoms with van der Waals surface area (Å²) in [7, 11) is 5.46. The summed E-state index contributed by atoms with van der Waals surface area (Å²) in [6.07, 6.45) is 1.47. The zero-order valence-electron chi connectivity index (χ0n) is 5.94. The maximum atomic E-state index is 5.46. The van der Waals surface area contributed by atoms with E-state index in [4.69, 9.17) is 13.2 Å². The van der Waals surface area contributed by atoms with Gasteiger partial charge in [0.15, 0.2) is 0 Å². The Kier molecular flexibility index (Phi) is 3.00. The van der Waals surface area contributed by atoms with Crippen molar-refractivity contribution in [1.29, 1.82) is 0 Å². The van der Waals surface area contributed by atoms with Gasteiger partial charge >= 0.3 is 56.5 Å². The number of allylic oxidation sites excluding steroid dienone is 2. The molecule has 1 nitrogen and oxygen atoms in total. The molecule has 0 amide bonds. The van der Waals surface area contributed by atoms with E-state index in [1.54, 1.807) is 6.92 Å². The second-order valence-electron chi connectivity index (χ2n) is 2.04. The molecule has 0 aliphatic carbocycles. The van der Waals surface area contributed by atoms with Crippen LogP contribution in [0.5, 0.6) is 0 Å². The molecule has 0 aromatic rings. The van der Waals surface area contributed by atoms with E-state index in [0.717, 1.165) is 11.1 Å². The van der Waals surface area contributed by atoms with E-state index < -0.39 is 0 Å². The second kappa shape index (κ2) is 3.28. The fourth-order valence-electron chi connectivity index (χ4n) is 0.610. The molecule has 2 heteroatoms. The van der Waals surface area contributed by atoms with Gasteiger partial charge in [-0.2, -0.15) is 0 Å². The first-order chi connectivity index (χ1) is 4.09. The third-order valence-corrected chi connectivity index (χ3v) is 1.05. The van der Waals surface area contributed by atoms with Gasteiger partial charge in [0.1, 0.15) is 0 Å². The molecule has 0 atom stereocenters. The van der Waals surface area contributed by atoms with Crippen LogP contribution in [0.15, 0.2) is 23.9 Å². The van der Waals surface area contributed by atoms with Crippen LogP contribution >= 0.6 is 0 Å². The van der Waals surface area contributed by atoms with Crippen molar-refractivity contribution >= 4 is 13.0 Å². The van der Waals surface area contributed by atoms with Crippen LogP contribution in [0.3, 0.4) is 0 Å². The predicted octanol–water partition coefficient (Wildman–Crippen LogP) is 0.766. The Morgan fingerprint density at radius 1 is 1.56 bits per heavy atom. The normalized spacial score (nSPS) is 11.0. The molecular weight excluding hydrogens is 109 g/mol. The van der Waals surface area contributed by atoms with Gasteiger partial charge in [-0.25, -0.2) is 0 Å². The Labute approximate surface area is 57.3 Å². The first-order valence-electron chi connectivity index (χ1n) is 2.76. The van der Waals surface area contributed by atoms with Crippen molar-refractivity contribution in [3.05, 3.63) is 23.9 Å². The van der Waals surface area contributed by atoms with E-state index >= 15 is 0 Å². The van der Waals surface area contributed by atoms with Crippen LogP contribution in [0.25, 0.3) is 0 Å². The van der Waals surface area contributed by atoms with Crippen molar-refractivity contribution in [2.24, 2.45) is 5.73 Å². The van der Waals surface area contributed by atoms with Crippen molar-refractivity contribution in [1.82, 2.24) is 0 Å². The van der Waals surface area contributed by atoms with Crippen LogP contribution in [0.1, 0.15) is 13.8 Å². The van der Waals surface area contributed by atoms with Crippen LogP contribution in [0, 0.1) is 0 Å². The average Bonchev–Trinajstić information content (AvgIpc) is 1.64. The summed E-state index contributed by atoms with van der Waals surface area (Å²) in [5, 5.41) is 0. The van der Waals surface area contributed by atoms with Crippen LogP contribution < -0.4 is 5.73 Å². The molecule has 0 fully saturated rings. The molecule has 0 rings (SSSR count). The summed E-state index contributed by atoms with van der Waals surface area (Å²) in [6, 6.07) is 0. The van der Waals surface area contributed by atoms with Crippen molar-refractivity contribution in [3.63, 3.8) is 0 Å². The summed E-state index contributed by atoms with van der Waals surface area (Å²) in [4.78, 5) is 0. The number of nitrogens with two attached hydrogens (primary N) is 1. The van der Waals surface area contributed by atoms with Gasteiger partial charge in [-0.15, -0.1) is 0 Å². The van der Waals surface area contributed by atoms with E-state index in [1.165, 1.54) is 6.20 Å². The standard InChI is InChI=1S/C7H11BN/c1-5(2)7(4-9)6(3)8/h4H,1,9H2,2-3H3/b7-4-. The fourth-order valence-corrected chi connectivity index (χ4v) is 0.610. The average molecular weight is 120 g/mol. The molecule has 0 aromatic heterocycles. The molecule has 0 unspecified atom stereocenters. The SMILES string of the molecule is [B]=C(C)/C(=C\N)C(=C)C. The second-order valence-corrected chi connectivity index (χ2v) is 2.04. The Hall–Kier alpha value is -0.785. The van der Waals surface area contributed by atoms with Crippen LogP contribution in [0.2, 0.25) is 0 Å². The molecule has 0 aliphatic heterocycles. The molecule has 0 heterocycles. The van der Waals surface area contributed by atoms with Gasteiger partial charge in [0.2, 0.25) is 0 Å². The predicted molar refractivity (Wildman–Crippen MR) is 43.5 cm³/mol. The molecule has 47 valence electrons. The molecule has 1 radical (unpaired) electrons. The third kappa shape index (κ3) is 2.31. The summed E-state index contributed by atoms with van der Waals surface area (Å²) in [5.74, 6) is 0. The van der Waals surface area contributed by atoms with Gasteiger partial charge in [-0.3, -0.25) is 0 Å². The molecule has 2 N–H and O–H groups in total. The van der Waals surface area contributed by atoms with Gasteiger partial charge in [-0.05, 0) is 0 Å². The van der Waals surface area contributed by atoms with Crippen LogP contribution in [0.4, 0.5) is 0 Å². The Balaban J connectivity index is 4.38. The minimum atomic E-state index is 0.713. The van der Waals surface area contributed by atoms with Crippen LogP contribution in [-0.4, -0.2) is 13.0 Å². The Morgan fingerprint density at radius 3 is 2.00 bits per heavy atom. The molecule has 0 aromatic carbocycles. The van der Waals surface area contributed by atoms with Gasteiger partial charge in [0.25, 0.3) is 0 Å². The summed E-state index contributed by atoms with van der Waals surface area (Å²) in [6.45, 7) is 7.37.